The number of nitrogens with two attached hydrogens (primary N) is 1. The molecule has 0 fully saturated rings. The Hall–Kier alpha value is -0.880. The molecular weight excluding hydrogens is 194 g/mol. The topological polar surface area (TPSA) is 97.5 Å². The number of amides is 1. The van der Waals surface area contributed by atoms with Crippen LogP contribution < -0.4 is 5.73 Å². The predicted molar refractivity (Wildman–Crippen MR) is 48.6 cm³/mol. The number of rotatable bonds is 4. The molecule has 0 heterocycles. The van der Waals surface area contributed by atoms with Gasteiger partial charge in [0.1, 0.15) is 0 Å². The van der Waals surface area contributed by atoms with Gasteiger partial charge in [0, 0.05) is 5.57 Å². The molecule has 0 saturated heterocycles. The largest absolute Gasteiger partial charge is 0.366 e. The first kappa shape index (κ1) is 12.1. The van der Waals surface area contributed by atoms with E-state index in [1.807, 2.05) is 0 Å². The third-order valence-corrected chi connectivity index (χ3v) is 2.23. The van der Waals surface area contributed by atoms with Crippen molar-refractivity contribution in [2.24, 2.45) is 5.73 Å². The predicted octanol–water partition coefficient (Wildman–Crippen LogP) is 0.0860. The zero-order chi connectivity index (χ0) is 10.6. The fourth-order valence-electron chi connectivity index (χ4n) is 0.851. The zero-order valence-electron chi connectivity index (χ0n) is 7.57. The van der Waals surface area contributed by atoms with Gasteiger partial charge in [-0.05, 0) is 20.3 Å². The van der Waals surface area contributed by atoms with Crippen molar-refractivity contribution < 1.29 is 17.8 Å². The summed E-state index contributed by atoms with van der Waals surface area (Å²) >= 11 is 0. The van der Waals surface area contributed by atoms with Crippen LogP contribution in [0.3, 0.4) is 0 Å². The van der Waals surface area contributed by atoms with Crippen LogP contribution in [0.25, 0.3) is 0 Å². The fourth-order valence-corrected chi connectivity index (χ4v) is 1.31. The minimum atomic E-state index is -4.03. The molecule has 13 heavy (non-hydrogen) atoms. The third-order valence-electron chi connectivity index (χ3n) is 1.51. The highest BCUT2D eigenvalue weighted by atomic mass is 32.2. The molecular formula is C7H13NO4S. The molecule has 0 bridgehead atoms. The standard InChI is InChI=1S/C7H13NO4S/c1-5(2)6(7(8)9)3-4-13(10,11)12/h3-4H2,1-2H3,(H2,8,9)(H,10,11,12). The van der Waals surface area contributed by atoms with E-state index >= 15 is 0 Å². The molecule has 0 aromatic carbocycles. The van der Waals surface area contributed by atoms with Crippen LogP contribution in [0.15, 0.2) is 11.1 Å². The van der Waals surface area contributed by atoms with E-state index in [0.29, 0.717) is 5.57 Å². The Balaban J connectivity index is 4.51. The van der Waals surface area contributed by atoms with Crippen LogP contribution in [0, 0.1) is 0 Å². The van der Waals surface area contributed by atoms with E-state index in [-0.39, 0.29) is 12.0 Å². The van der Waals surface area contributed by atoms with Gasteiger partial charge >= 0.3 is 0 Å². The van der Waals surface area contributed by atoms with E-state index in [1.54, 1.807) is 13.8 Å². The maximum atomic E-state index is 10.7. The van der Waals surface area contributed by atoms with Crippen molar-refractivity contribution in [3.05, 3.63) is 11.1 Å². The van der Waals surface area contributed by atoms with E-state index in [9.17, 15) is 13.2 Å². The average Bonchev–Trinajstić information content (AvgIpc) is 1.82. The number of carbonyl (C=O) groups excluding carboxylic acids is 1. The van der Waals surface area contributed by atoms with E-state index in [0.717, 1.165) is 0 Å². The fraction of sp³-hybridized carbons (Fsp3) is 0.571. The summed E-state index contributed by atoms with van der Waals surface area (Å²) in [7, 11) is -4.03. The molecule has 1 amide bonds. The minimum Gasteiger partial charge on any atom is -0.366 e. The van der Waals surface area contributed by atoms with Gasteiger partial charge in [-0.15, -0.1) is 0 Å². The molecule has 0 aromatic heterocycles. The van der Waals surface area contributed by atoms with E-state index in [1.165, 1.54) is 0 Å². The Bertz CT molecular complexity index is 324. The molecule has 0 aliphatic carbocycles. The summed E-state index contributed by atoms with van der Waals surface area (Å²) in [6.07, 6.45) is -0.0451. The summed E-state index contributed by atoms with van der Waals surface area (Å²) < 4.78 is 29.2. The number of hydrogen-bond acceptors (Lipinski definition) is 3. The van der Waals surface area contributed by atoms with E-state index in [4.69, 9.17) is 10.3 Å². The lowest BCUT2D eigenvalue weighted by Crippen LogP contribution is -2.18. The summed E-state index contributed by atoms with van der Waals surface area (Å²) in [4.78, 5) is 10.7. The molecule has 5 nitrogen and oxygen atoms in total. The maximum absolute atomic E-state index is 10.7. The second kappa shape index (κ2) is 4.38. The van der Waals surface area contributed by atoms with Crippen LogP contribution in [0.5, 0.6) is 0 Å². The Morgan fingerprint density at radius 2 is 1.85 bits per heavy atom. The van der Waals surface area contributed by atoms with Crippen LogP contribution in [-0.2, 0) is 14.9 Å². The third kappa shape index (κ3) is 5.37. The van der Waals surface area contributed by atoms with Crippen LogP contribution in [-0.4, -0.2) is 24.6 Å². The van der Waals surface area contributed by atoms with Gasteiger partial charge in [0.25, 0.3) is 10.1 Å². The van der Waals surface area contributed by atoms with Gasteiger partial charge in [0.15, 0.2) is 0 Å². The number of carbonyl (C=O) groups is 1. The monoisotopic (exact) mass is 207 g/mol. The first-order chi connectivity index (χ1) is 5.74. The van der Waals surface area contributed by atoms with Crippen molar-refractivity contribution in [3.63, 3.8) is 0 Å². The highest BCUT2D eigenvalue weighted by molar-refractivity contribution is 7.85. The van der Waals surface area contributed by atoms with Gasteiger partial charge in [0.2, 0.25) is 5.91 Å². The molecule has 6 heteroatoms. The summed E-state index contributed by atoms with van der Waals surface area (Å²) in [5, 5.41) is 0. The highest BCUT2D eigenvalue weighted by Gasteiger charge is 2.11. The van der Waals surface area contributed by atoms with Gasteiger partial charge in [-0.25, -0.2) is 0 Å². The van der Waals surface area contributed by atoms with Crippen LogP contribution in [0.1, 0.15) is 20.3 Å². The molecule has 3 N–H and O–H groups in total. The van der Waals surface area contributed by atoms with Gasteiger partial charge in [-0.2, -0.15) is 8.42 Å². The second-order valence-electron chi connectivity index (χ2n) is 2.88. The molecule has 76 valence electrons. The van der Waals surface area contributed by atoms with Crippen molar-refractivity contribution in [2.45, 2.75) is 20.3 Å². The van der Waals surface area contributed by atoms with Crippen molar-refractivity contribution in [3.8, 4) is 0 Å². The lowest BCUT2D eigenvalue weighted by Gasteiger charge is -2.03. The number of hydrogen-bond donors (Lipinski definition) is 2. The summed E-state index contributed by atoms with van der Waals surface area (Å²) in [6.45, 7) is 3.31. The lowest BCUT2D eigenvalue weighted by atomic mass is 10.1. The SMILES string of the molecule is CC(C)=C(CCS(=O)(=O)O)C(N)=O. The molecule has 0 atom stereocenters. The zero-order valence-corrected chi connectivity index (χ0v) is 8.39. The first-order valence-electron chi connectivity index (χ1n) is 3.65. The van der Waals surface area contributed by atoms with E-state index < -0.39 is 21.8 Å². The van der Waals surface area contributed by atoms with Crippen LogP contribution >= 0.6 is 0 Å². The van der Waals surface area contributed by atoms with Gasteiger partial charge in [0.05, 0.1) is 5.75 Å². The molecule has 0 saturated carbocycles. The highest BCUT2D eigenvalue weighted by Crippen LogP contribution is 2.08. The molecule has 0 unspecified atom stereocenters. The van der Waals surface area contributed by atoms with Crippen molar-refractivity contribution in [2.75, 3.05) is 5.75 Å². The van der Waals surface area contributed by atoms with Crippen molar-refractivity contribution in [1.29, 1.82) is 0 Å². The molecule has 0 aromatic rings. The Morgan fingerprint density at radius 1 is 1.38 bits per heavy atom. The van der Waals surface area contributed by atoms with Crippen LogP contribution in [0.2, 0.25) is 0 Å². The van der Waals surface area contributed by atoms with Crippen molar-refractivity contribution >= 4 is 16.0 Å². The normalized spacial score (nSPS) is 11.0. The molecule has 0 spiro atoms. The molecule has 0 rings (SSSR count). The lowest BCUT2D eigenvalue weighted by molar-refractivity contribution is -0.114. The number of allylic oxidation sites excluding steroid dienone is 1. The van der Waals surface area contributed by atoms with Gasteiger partial charge in [-0.3, -0.25) is 9.35 Å². The summed E-state index contributed by atoms with van der Waals surface area (Å²) in [5.41, 5.74) is 5.90. The van der Waals surface area contributed by atoms with Crippen molar-refractivity contribution in [1.82, 2.24) is 0 Å². The quantitative estimate of drug-likeness (QED) is 0.504. The molecule has 0 aliphatic heterocycles. The Kier molecular flexibility index (Phi) is 4.09. The Labute approximate surface area is 77.4 Å². The van der Waals surface area contributed by atoms with Gasteiger partial charge < -0.3 is 5.73 Å². The van der Waals surface area contributed by atoms with Gasteiger partial charge in [-0.1, -0.05) is 5.57 Å². The van der Waals surface area contributed by atoms with Crippen LogP contribution in [0.4, 0.5) is 0 Å². The van der Waals surface area contributed by atoms with E-state index in [2.05, 4.69) is 0 Å². The molecule has 0 aliphatic rings. The summed E-state index contributed by atoms with van der Waals surface area (Å²) in [6, 6.07) is 0. The summed E-state index contributed by atoms with van der Waals surface area (Å²) in [5.74, 6) is -1.13. The Morgan fingerprint density at radius 3 is 2.08 bits per heavy atom. The first-order valence-corrected chi connectivity index (χ1v) is 5.26. The number of primary amides is 1. The minimum absolute atomic E-state index is 0.0451. The second-order valence-corrected chi connectivity index (χ2v) is 4.45. The average molecular weight is 207 g/mol. The smallest absolute Gasteiger partial charge is 0.265 e. The maximum Gasteiger partial charge on any atom is 0.265 e. The molecule has 0 radical (unpaired) electrons.